The predicted molar refractivity (Wildman–Crippen MR) is 124 cm³/mol. The van der Waals surface area contributed by atoms with Crippen LogP contribution in [-0.2, 0) is 30.4 Å². The number of carboxylic acid groups (broad SMARTS) is 2. The van der Waals surface area contributed by atoms with Crippen LogP contribution in [0.5, 0.6) is 0 Å². The van der Waals surface area contributed by atoms with E-state index in [2.05, 4.69) is 16.0 Å². The van der Waals surface area contributed by atoms with Gasteiger partial charge in [-0.3, -0.25) is 19.2 Å². The molecule has 0 aliphatic carbocycles. The van der Waals surface area contributed by atoms with Crippen molar-refractivity contribution in [1.29, 1.82) is 0 Å². The molecule has 34 heavy (non-hydrogen) atoms. The summed E-state index contributed by atoms with van der Waals surface area (Å²) in [5.41, 5.74) is 6.60. The van der Waals surface area contributed by atoms with E-state index >= 15 is 0 Å². The van der Waals surface area contributed by atoms with Crippen LogP contribution >= 0.6 is 0 Å². The second kappa shape index (κ2) is 13.9. The average molecular weight is 479 g/mol. The van der Waals surface area contributed by atoms with Crippen molar-refractivity contribution < 1.29 is 34.2 Å². The van der Waals surface area contributed by atoms with E-state index in [0.29, 0.717) is 12.0 Å². The zero-order valence-corrected chi connectivity index (χ0v) is 19.6. The molecule has 188 valence electrons. The molecule has 0 aromatic heterocycles. The van der Waals surface area contributed by atoms with Crippen LogP contribution in [0, 0.1) is 5.92 Å². The van der Waals surface area contributed by atoms with Crippen LogP contribution < -0.4 is 21.7 Å². The fourth-order valence-corrected chi connectivity index (χ4v) is 3.04. The molecule has 11 nitrogen and oxygen atoms in total. The van der Waals surface area contributed by atoms with E-state index in [1.807, 2.05) is 13.8 Å². The van der Waals surface area contributed by atoms with Crippen LogP contribution in [0.1, 0.15) is 45.6 Å². The van der Waals surface area contributed by atoms with Gasteiger partial charge in [-0.15, -0.1) is 0 Å². The molecular formula is C23H34N4O7. The molecule has 0 fully saturated rings. The number of nitrogens with one attached hydrogen (secondary N) is 3. The normalized spacial score (nSPS) is 15.2. The first-order valence-corrected chi connectivity index (χ1v) is 11.1. The van der Waals surface area contributed by atoms with Gasteiger partial charge in [-0.05, 0) is 24.8 Å². The zero-order chi connectivity index (χ0) is 25.8. The van der Waals surface area contributed by atoms with Gasteiger partial charge in [0.25, 0.3) is 0 Å². The third-order valence-corrected chi connectivity index (χ3v) is 5.49. The molecule has 11 heteroatoms. The molecule has 5 atom stereocenters. The number of carbonyl (C=O) groups is 5. The Bertz CT molecular complexity index is 862. The molecule has 0 aliphatic heterocycles. The molecule has 1 rings (SSSR count). The fraction of sp³-hybridized carbons (Fsp3) is 0.522. The van der Waals surface area contributed by atoms with Gasteiger partial charge in [-0.1, -0.05) is 50.6 Å². The summed E-state index contributed by atoms with van der Waals surface area (Å²) in [4.78, 5) is 60.2. The number of carboxylic acids is 2. The van der Waals surface area contributed by atoms with Crippen LogP contribution in [0.2, 0.25) is 0 Å². The monoisotopic (exact) mass is 478 g/mol. The number of carbonyl (C=O) groups excluding carboxylic acids is 3. The molecule has 0 bridgehead atoms. The minimum atomic E-state index is -1.44. The van der Waals surface area contributed by atoms with E-state index in [0.717, 1.165) is 0 Å². The maximum Gasteiger partial charge on any atom is 0.326 e. The van der Waals surface area contributed by atoms with Gasteiger partial charge in [0.2, 0.25) is 17.7 Å². The summed E-state index contributed by atoms with van der Waals surface area (Å²) in [6.45, 7) is 5.15. The highest BCUT2D eigenvalue weighted by Gasteiger charge is 2.29. The van der Waals surface area contributed by atoms with Crippen molar-refractivity contribution in [3.63, 3.8) is 0 Å². The van der Waals surface area contributed by atoms with Crippen molar-refractivity contribution >= 4 is 29.7 Å². The molecule has 0 aliphatic rings. The van der Waals surface area contributed by atoms with Crippen molar-refractivity contribution in [2.45, 2.75) is 70.6 Å². The van der Waals surface area contributed by atoms with Crippen molar-refractivity contribution in [2.24, 2.45) is 11.7 Å². The van der Waals surface area contributed by atoms with Crippen LogP contribution in [0.3, 0.4) is 0 Å². The maximum absolute atomic E-state index is 12.9. The summed E-state index contributed by atoms with van der Waals surface area (Å²) >= 11 is 0. The Morgan fingerprint density at radius 2 is 1.47 bits per heavy atom. The van der Waals surface area contributed by atoms with Gasteiger partial charge in [0.1, 0.15) is 18.1 Å². The number of benzene rings is 1. The number of aliphatic carboxylic acids is 2. The maximum atomic E-state index is 12.9. The van der Waals surface area contributed by atoms with Crippen LogP contribution in [0.25, 0.3) is 0 Å². The Kier molecular flexibility index (Phi) is 11.7. The highest BCUT2D eigenvalue weighted by atomic mass is 16.4. The highest BCUT2D eigenvalue weighted by molar-refractivity contribution is 5.94. The van der Waals surface area contributed by atoms with Crippen LogP contribution in [-0.4, -0.2) is 64.0 Å². The summed E-state index contributed by atoms with van der Waals surface area (Å²) in [6.07, 6.45) is -0.0350. The lowest BCUT2D eigenvalue weighted by atomic mass is 9.99. The Morgan fingerprint density at radius 3 is 2.00 bits per heavy atom. The molecule has 0 saturated carbocycles. The smallest absolute Gasteiger partial charge is 0.326 e. The van der Waals surface area contributed by atoms with Gasteiger partial charge in [0.15, 0.2) is 0 Å². The zero-order valence-electron chi connectivity index (χ0n) is 19.6. The first-order valence-electron chi connectivity index (χ1n) is 11.1. The molecule has 0 spiro atoms. The quantitative estimate of drug-likeness (QED) is 0.216. The summed E-state index contributed by atoms with van der Waals surface area (Å²) in [5, 5.41) is 25.5. The van der Waals surface area contributed by atoms with E-state index in [9.17, 15) is 29.1 Å². The lowest BCUT2D eigenvalue weighted by Gasteiger charge is -2.24. The van der Waals surface area contributed by atoms with Gasteiger partial charge in [0.05, 0.1) is 6.04 Å². The van der Waals surface area contributed by atoms with Crippen molar-refractivity contribution in [1.82, 2.24) is 16.0 Å². The minimum absolute atomic E-state index is 0.0523. The van der Waals surface area contributed by atoms with Gasteiger partial charge in [0, 0.05) is 12.8 Å². The summed E-state index contributed by atoms with van der Waals surface area (Å²) in [5.74, 6) is -4.62. The second-order valence-electron chi connectivity index (χ2n) is 8.22. The molecule has 7 N–H and O–H groups in total. The molecule has 3 amide bonds. The van der Waals surface area contributed by atoms with Crippen molar-refractivity contribution in [3.8, 4) is 0 Å². The Labute approximate surface area is 198 Å². The number of nitrogens with two attached hydrogens (primary N) is 1. The first kappa shape index (κ1) is 28.6. The Morgan fingerprint density at radius 1 is 0.882 bits per heavy atom. The number of hydrogen-bond donors (Lipinski definition) is 6. The minimum Gasteiger partial charge on any atom is -0.481 e. The molecule has 5 unspecified atom stereocenters. The average Bonchev–Trinajstić information content (AvgIpc) is 2.80. The van der Waals surface area contributed by atoms with Gasteiger partial charge in [-0.2, -0.15) is 0 Å². The number of amides is 3. The SMILES string of the molecule is CCC(C)C(N)C(=O)NC(C)C(=O)NC(Cc1ccccc1)C(=O)NC(CCC(=O)O)C(=O)O. The number of rotatable bonds is 14. The molecule has 0 saturated heterocycles. The highest BCUT2D eigenvalue weighted by Crippen LogP contribution is 2.07. The molecular weight excluding hydrogens is 444 g/mol. The van der Waals surface area contributed by atoms with E-state index in [1.165, 1.54) is 6.92 Å². The molecule has 1 aromatic carbocycles. The largest absolute Gasteiger partial charge is 0.481 e. The topological polar surface area (TPSA) is 188 Å². The molecule has 0 radical (unpaired) electrons. The predicted octanol–water partition coefficient (Wildman–Crippen LogP) is 0.0262. The van der Waals surface area contributed by atoms with Crippen molar-refractivity contribution in [2.75, 3.05) is 0 Å². The van der Waals surface area contributed by atoms with Gasteiger partial charge in [-0.25, -0.2) is 4.79 Å². The van der Waals surface area contributed by atoms with E-state index < -0.39 is 60.2 Å². The summed E-state index contributed by atoms with van der Waals surface area (Å²) < 4.78 is 0. The summed E-state index contributed by atoms with van der Waals surface area (Å²) in [7, 11) is 0. The van der Waals surface area contributed by atoms with Gasteiger partial charge < -0.3 is 31.9 Å². The lowest BCUT2D eigenvalue weighted by Crippen LogP contribution is -2.57. The van der Waals surface area contributed by atoms with Crippen LogP contribution in [0.15, 0.2) is 30.3 Å². The van der Waals surface area contributed by atoms with E-state index in [4.69, 9.17) is 10.8 Å². The summed E-state index contributed by atoms with van der Waals surface area (Å²) in [6, 6.07) is 4.35. The molecule has 1 aromatic rings. The molecule has 0 heterocycles. The Hall–Kier alpha value is -3.47. The standard InChI is InChI=1S/C23H34N4O7/c1-4-13(2)19(24)22(32)25-14(3)20(30)27-17(12-15-8-6-5-7-9-15)21(31)26-16(23(33)34)10-11-18(28)29/h5-9,13-14,16-17,19H,4,10-12,24H2,1-3H3,(H,25,32)(H,26,31)(H,27,30)(H,28,29)(H,33,34). The van der Waals surface area contributed by atoms with E-state index in [-0.39, 0.29) is 18.8 Å². The first-order chi connectivity index (χ1) is 16.0. The second-order valence-corrected chi connectivity index (χ2v) is 8.22. The third kappa shape index (κ3) is 9.57. The van der Waals surface area contributed by atoms with Gasteiger partial charge >= 0.3 is 11.9 Å². The third-order valence-electron chi connectivity index (χ3n) is 5.49. The Balaban J connectivity index is 2.95. The van der Waals surface area contributed by atoms with Crippen molar-refractivity contribution in [3.05, 3.63) is 35.9 Å². The number of hydrogen-bond acceptors (Lipinski definition) is 6. The van der Waals surface area contributed by atoms with E-state index in [1.54, 1.807) is 30.3 Å². The lowest BCUT2D eigenvalue weighted by molar-refractivity contribution is -0.143. The fourth-order valence-electron chi connectivity index (χ4n) is 3.04. The van der Waals surface area contributed by atoms with Crippen LogP contribution in [0.4, 0.5) is 0 Å².